The summed E-state index contributed by atoms with van der Waals surface area (Å²) >= 11 is 0. The number of halogens is 1. The van der Waals surface area contributed by atoms with Gasteiger partial charge in [-0.1, -0.05) is 38.0 Å². The van der Waals surface area contributed by atoms with Crippen molar-refractivity contribution in [2.24, 2.45) is 5.92 Å². The van der Waals surface area contributed by atoms with E-state index >= 15 is 0 Å². The number of benzene rings is 1. The van der Waals surface area contributed by atoms with Crippen molar-refractivity contribution < 1.29 is 14.0 Å². The van der Waals surface area contributed by atoms with Gasteiger partial charge in [0.15, 0.2) is 0 Å². The minimum Gasteiger partial charge on any atom is -0.352 e. The van der Waals surface area contributed by atoms with Crippen LogP contribution in [-0.4, -0.2) is 29.8 Å². The fourth-order valence-corrected chi connectivity index (χ4v) is 2.68. The fourth-order valence-electron chi connectivity index (χ4n) is 2.68. The summed E-state index contributed by atoms with van der Waals surface area (Å²) in [7, 11) is 0. The number of amides is 2. The van der Waals surface area contributed by atoms with Crippen molar-refractivity contribution in [2.75, 3.05) is 13.1 Å². The molecule has 4 nitrogen and oxygen atoms in total. The highest BCUT2D eigenvalue weighted by atomic mass is 19.1. The molecular weight excluding hydrogens is 283 g/mol. The normalized spacial score (nSPS) is 17.8. The van der Waals surface area contributed by atoms with Gasteiger partial charge in [0.05, 0.1) is 5.92 Å². The van der Waals surface area contributed by atoms with E-state index in [1.165, 1.54) is 6.07 Å². The highest BCUT2D eigenvalue weighted by Gasteiger charge is 2.33. The first kappa shape index (κ1) is 16.5. The van der Waals surface area contributed by atoms with Gasteiger partial charge in [0.2, 0.25) is 11.8 Å². The van der Waals surface area contributed by atoms with Crippen LogP contribution in [0.15, 0.2) is 24.3 Å². The molecule has 1 aromatic carbocycles. The molecule has 2 amide bonds. The average molecular weight is 306 g/mol. The van der Waals surface area contributed by atoms with E-state index in [1.54, 1.807) is 23.1 Å². The van der Waals surface area contributed by atoms with Gasteiger partial charge in [-0.3, -0.25) is 9.59 Å². The van der Waals surface area contributed by atoms with Gasteiger partial charge in [0.25, 0.3) is 0 Å². The van der Waals surface area contributed by atoms with E-state index in [0.29, 0.717) is 12.1 Å². The van der Waals surface area contributed by atoms with Crippen LogP contribution in [0, 0.1) is 11.7 Å². The molecule has 5 heteroatoms. The molecule has 0 aliphatic carbocycles. The number of hydrogen-bond donors (Lipinski definition) is 1. The number of carbonyl (C=O) groups excluding carboxylic acids is 2. The topological polar surface area (TPSA) is 49.4 Å². The molecule has 1 saturated heterocycles. The van der Waals surface area contributed by atoms with Crippen LogP contribution in [0.2, 0.25) is 0 Å². The number of unbranched alkanes of at least 4 members (excludes halogenated alkanes) is 2. The summed E-state index contributed by atoms with van der Waals surface area (Å²) in [5, 5.41) is 2.73. The Morgan fingerprint density at radius 1 is 1.36 bits per heavy atom. The summed E-state index contributed by atoms with van der Waals surface area (Å²) in [6, 6.07) is 6.37. The Labute approximate surface area is 130 Å². The van der Waals surface area contributed by atoms with E-state index in [-0.39, 0.29) is 36.5 Å². The Balaban J connectivity index is 1.81. The van der Waals surface area contributed by atoms with Crippen molar-refractivity contribution in [1.82, 2.24) is 10.2 Å². The number of rotatable bonds is 7. The number of nitrogens with one attached hydrogen (secondary N) is 1. The minimum atomic E-state index is -0.327. The maximum absolute atomic E-state index is 13.5. The average Bonchev–Trinajstić information content (AvgIpc) is 2.88. The second-order valence-corrected chi connectivity index (χ2v) is 5.76. The zero-order valence-corrected chi connectivity index (χ0v) is 13.0. The second-order valence-electron chi connectivity index (χ2n) is 5.76. The van der Waals surface area contributed by atoms with E-state index in [2.05, 4.69) is 12.2 Å². The Kier molecular flexibility index (Phi) is 5.92. The highest BCUT2D eigenvalue weighted by Crippen LogP contribution is 2.19. The quantitative estimate of drug-likeness (QED) is 0.787. The van der Waals surface area contributed by atoms with E-state index in [1.807, 2.05) is 0 Å². The van der Waals surface area contributed by atoms with E-state index in [4.69, 9.17) is 0 Å². The highest BCUT2D eigenvalue weighted by molar-refractivity contribution is 5.89. The number of carbonyl (C=O) groups is 2. The summed E-state index contributed by atoms with van der Waals surface area (Å²) in [5.41, 5.74) is 0.458. The lowest BCUT2D eigenvalue weighted by Gasteiger charge is -2.16. The summed E-state index contributed by atoms with van der Waals surface area (Å²) in [6.07, 6.45) is 3.43. The molecule has 0 saturated carbocycles. The third-order valence-corrected chi connectivity index (χ3v) is 4.03. The lowest BCUT2D eigenvalue weighted by atomic mass is 10.1. The van der Waals surface area contributed by atoms with Crippen LogP contribution in [0.4, 0.5) is 4.39 Å². The molecule has 1 N–H and O–H groups in total. The van der Waals surface area contributed by atoms with Crippen molar-refractivity contribution in [3.8, 4) is 0 Å². The van der Waals surface area contributed by atoms with Gasteiger partial charge in [0, 0.05) is 31.6 Å². The molecule has 1 aliphatic rings. The molecule has 2 rings (SSSR count). The summed E-state index contributed by atoms with van der Waals surface area (Å²) in [5.74, 6) is -0.774. The lowest BCUT2D eigenvalue weighted by molar-refractivity contribution is -0.129. The van der Waals surface area contributed by atoms with Gasteiger partial charge < -0.3 is 10.2 Å². The van der Waals surface area contributed by atoms with Crippen LogP contribution in [0.25, 0.3) is 0 Å². The number of likely N-dealkylation sites (tertiary alicyclic amines) is 1. The van der Waals surface area contributed by atoms with E-state index in [9.17, 15) is 14.0 Å². The first-order valence-corrected chi connectivity index (χ1v) is 7.90. The Morgan fingerprint density at radius 2 is 2.14 bits per heavy atom. The summed E-state index contributed by atoms with van der Waals surface area (Å²) < 4.78 is 13.5. The maximum atomic E-state index is 13.5. The third-order valence-electron chi connectivity index (χ3n) is 4.03. The second kappa shape index (κ2) is 7.92. The van der Waals surface area contributed by atoms with Gasteiger partial charge in [-0.25, -0.2) is 4.39 Å². The SMILES string of the molecule is CCCCCN1CC(C(=O)NCc2ccccc2F)CC1=O. The van der Waals surface area contributed by atoms with E-state index in [0.717, 1.165) is 25.8 Å². The van der Waals surface area contributed by atoms with Crippen LogP contribution < -0.4 is 5.32 Å². The molecule has 1 atom stereocenters. The van der Waals surface area contributed by atoms with Crippen LogP contribution >= 0.6 is 0 Å². The Bertz CT molecular complexity index is 533. The van der Waals surface area contributed by atoms with Gasteiger partial charge >= 0.3 is 0 Å². The van der Waals surface area contributed by atoms with E-state index < -0.39 is 0 Å². The predicted octanol–water partition coefficient (Wildman–Crippen LogP) is 2.48. The van der Waals surface area contributed by atoms with Crippen molar-refractivity contribution in [1.29, 1.82) is 0 Å². The number of nitrogens with zero attached hydrogens (tertiary/aromatic N) is 1. The molecule has 0 bridgehead atoms. The Hall–Kier alpha value is -1.91. The third kappa shape index (κ3) is 4.29. The molecular formula is C17H23FN2O2. The van der Waals surface area contributed by atoms with Crippen molar-refractivity contribution >= 4 is 11.8 Å². The molecule has 1 heterocycles. The summed E-state index contributed by atoms with van der Waals surface area (Å²) in [4.78, 5) is 25.8. The molecule has 1 fully saturated rings. The Morgan fingerprint density at radius 3 is 2.86 bits per heavy atom. The lowest BCUT2D eigenvalue weighted by Crippen LogP contribution is -2.33. The minimum absolute atomic E-state index is 0.0437. The number of hydrogen-bond acceptors (Lipinski definition) is 2. The van der Waals surface area contributed by atoms with Crippen LogP contribution in [-0.2, 0) is 16.1 Å². The van der Waals surface area contributed by atoms with Crippen molar-refractivity contribution in [3.05, 3.63) is 35.6 Å². The fraction of sp³-hybridized carbons (Fsp3) is 0.529. The molecule has 1 aromatic rings. The zero-order chi connectivity index (χ0) is 15.9. The van der Waals surface area contributed by atoms with Crippen LogP contribution in [0.5, 0.6) is 0 Å². The predicted molar refractivity (Wildman–Crippen MR) is 82.5 cm³/mol. The van der Waals surface area contributed by atoms with Gasteiger partial charge in [-0.05, 0) is 12.5 Å². The van der Waals surface area contributed by atoms with Crippen LogP contribution in [0.1, 0.15) is 38.2 Å². The first-order chi connectivity index (χ1) is 10.6. The summed E-state index contributed by atoms with van der Waals surface area (Å²) in [6.45, 7) is 3.48. The van der Waals surface area contributed by atoms with Crippen molar-refractivity contribution in [2.45, 2.75) is 39.2 Å². The molecule has 0 aromatic heterocycles. The first-order valence-electron chi connectivity index (χ1n) is 7.90. The largest absolute Gasteiger partial charge is 0.352 e. The molecule has 0 radical (unpaired) electrons. The maximum Gasteiger partial charge on any atom is 0.225 e. The zero-order valence-electron chi connectivity index (χ0n) is 13.0. The van der Waals surface area contributed by atoms with Gasteiger partial charge in [-0.2, -0.15) is 0 Å². The molecule has 1 aliphatic heterocycles. The smallest absolute Gasteiger partial charge is 0.225 e. The van der Waals surface area contributed by atoms with Gasteiger partial charge in [-0.15, -0.1) is 0 Å². The monoisotopic (exact) mass is 306 g/mol. The molecule has 22 heavy (non-hydrogen) atoms. The van der Waals surface area contributed by atoms with Gasteiger partial charge in [0.1, 0.15) is 5.82 Å². The molecule has 1 unspecified atom stereocenters. The molecule has 120 valence electrons. The standard InChI is InChI=1S/C17H23FN2O2/c1-2-3-6-9-20-12-14(10-16(20)21)17(22)19-11-13-7-4-5-8-15(13)18/h4-5,7-8,14H,2-3,6,9-12H2,1H3,(H,19,22). The van der Waals surface area contributed by atoms with Crippen LogP contribution in [0.3, 0.4) is 0 Å². The van der Waals surface area contributed by atoms with Crippen molar-refractivity contribution in [3.63, 3.8) is 0 Å². The molecule has 0 spiro atoms.